The van der Waals surface area contributed by atoms with Crippen molar-refractivity contribution in [1.82, 2.24) is 9.97 Å². The first-order valence-electron chi connectivity index (χ1n) is 6.56. The Balaban J connectivity index is 2.05. The fraction of sp³-hybridized carbons (Fsp3) is 0.125. The predicted octanol–water partition coefficient (Wildman–Crippen LogP) is 2.20. The molecule has 0 saturated heterocycles. The number of anilines is 1. The summed E-state index contributed by atoms with van der Waals surface area (Å²) in [7, 11) is 0. The van der Waals surface area contributed by atoms with E-state index in [1.54, 1.807) is 24.7 Å². The van der Waals surface area contributed by atoms with Gasteiger partial charge in [-0.2, -0.15) is 0 Å². The molecule has 0 saturated carbocycles. The van der Waals surface area contributed by atoms with Crippen LogP contribution in [-0.4, -0.2) is 21.9 Å². The molecule has 1 heterocycles. The zero-order valence-electron chi connectivity index (χ0n) is 11.7. The fourth-order valence-electron chi connectivity index (χ4n) is 1.98. The number of benzene rings is 1. The second kappa shape index (κ2) is 6.67. The van der Waals surface area contributed by atoms with E-state index in [2.05, 4.69) is 28.4 Å². The number of H-pyrrole nitrogens is 1. The fourth-order valence-corrected chi connectivity index (χ4v) is 1.98. The van der Waals surface area contributed by atoms with Gasteiger partial charge in [-0.15, -0.1) is 0 Å². The normalized spacial score (nSPS) is 11.7. The molecule has 4 N–H and O–H groups in total. The van der Waals surface area contributed by atoms with E-state index < -0.39 is 6.04 Å². The second-order valence-corrected chi connectivity index (χ2v) is 4.63. The molecule has 0 radical (unpaired) electrons. The molecule has 1 atom stereocenters. The SMILES string of the molecule is C=Cc1ccc(NC(=O)C(N)Cc2cnc[nH]2)cc1C=C. The van der Waals surface area contributed by atoms with E-state index in [0.717, 1.165) is 16.8 Å². The lowest BCUT2D eigenvalue weighted by atomic mass is 10.1. The summed E-state index contributed by atoms with van der Waals surface area (Å²) in [4.78, 5) is 18.9. The monoisotopic (exact) mass is 282 g/mol. The first-order chi connectivity index (χ1) is 10.1. The van der Waals surface area contributed by atoms with Crippen molar-refractivity contribution in [3.63, 3.8) is 0 Å². The second-order valence-electron chi connectivity index (χ2n) is 4.63. The van der Waals surface area contributed by atoms with Crippen LogP contribution in [0.25, 0.3) is 12.2 Å². The summed E-state index contributed by atoms with van der Waals surface area (Å²) in [6.45, 7) is 7.48. The van der Waals surface area contributed by atoms with Gasteiger partial charge in [0.1, 0.15) is 0 Å². The largest absolute Gasteiger partial charge is 0.348 e. The smallest absolute Gasteiger partial charge is 0.241 e. The molecule has 5 nitrogen and oxygen atoms in total. The van der Waals surface area contributed by atoms with Crippen LogP contribution in [0, 0.1) is 0 Å². The molecule has 21 heavy (non-hydrogen) atoms. The van der Waals surface area contributed by atoms with E-state index in [-0.39, 0.29) is 5.91 Å². The zero-order valence-corrected chi connectivity index (χ0v) is 11.7. The third-order valence-corrected chi connectivity index (χ3v) is 3.13. The number of aromatic nitrogens is 2. The summed E-state index contributed by atoms with van der Waals surface area (Å²) in [6, 6.07) is 4.88. The standard InChI is InChI=1S/C16H18N4O/c1-3-11-5-6-13(7-12(11)4-2)20-16(21)15(17)8-14-9-18-10-19-14/h3-7,9-10,15H,1-2,8,17H2,(H,18,19)(H,20,21). The lowest BCUT2D eigenvalue weighted by Gasteiger charge is -2.12. The Bertz CT molecular complexity index is 646. The molecule has 0 fully saturated rings. The van der Waals surface area contributed by atoms with Crippen molar-refractivity contribution in [2.75, 3.05) is 5.32 Å². The van der Waals surface area contributed by atoms with E-state index in [4.69, 9.17) is 5.73 Å². The zero-order chi connectivity index (χ0) is 15.2. The summed E-state index contributed by atoms with van der Waals surface area (Å²) in [5.74, 6) is -0.244. The lowest BCUT2D eigenvalue weighted by molar-refractivity contribution is -0.117. The number of aromatic amines is 1. The Hall–Kier alpha value is -2.66. The van der Waals surface area contributed by atoms with Crippen molar-refractivity contribution in [1.29, 1.82) is 0 Å². The van der Waals surface area contributed by atoms with Crippen molar-refractivity contribution in [3.8, 4) is 0 Å². The molecule has 1 amide bonds. The molecule has 0 spiro atoms. The van der Waals surface area contributed by atoms with Crippen LogP contribution < -0.4 is 11.1 Å². The van der Waals surface area contributed by atoms with Gasteiger partial charge in [-0.1, -0.05) is 31.4 Å². The number of amides is 1. The minimum atomic E-state index is -0.642. The summed E-state index contributed by atoms with van der Waals surface area (Å²) < 4.78 is 0. The molecule has 0 aliphatic heterocycles. The highest BCUT2D eigenvalue weighted by Gasteiger charge is 2.15. The number of imidazole rings is 1. The number of carbonyl (C=O) groups is 1. The molecule has 0 bridgehead atoms. The van der Waals surface area contributed by atoms with Crippen LogP contribution in [0.1, 0.15) is 16.8 Å². The maximum absolute atomic E-state index is 12.1. The quantitative estimate of drug-likeness (QED) is 0.759. The molecule has 108 valence electrons. The Morgan fingerprint density at radius 1 is 1.38 bits per heavy atom. The summed E-state index contributed by atoms with van der Waals surface area (Å²) in [5.41, 5.74) is 9.26. The van der Waals surface area contributed by atoms with Gasteiger partial charge in [-0.25, -0.2) is 4.98 Å². The molecule has 1 aromatic carbocycles. The van der Waals surface area contributed by atoms with E-state index >= 15 is 0 Å². The summed E-state index contributed by atoms with van der Waals surface area (Å²) >= 11 is 0. The third kappa shape index (κ3) is 3.67. The number of hydrogen-bond donors (Lipinski definition) is 3. The van der Waals surface area contributed by atoms with E-state index in [1.807, 2.05) is 18.2 Å². The van der Waals surface area contributed by atoms with Crippen molar-refractivity contribution in [3.05, 3.63) is 60.7 Å². The van der Waals surface area contributed by atoms with Gasteiger partial charge in [-0.3, -0.25) is 4.79 Å². The minimum absolute atomic E-state index is 0.244. The number of rotatable bonds is 6. The Labute approximate surface area is 123 Å². The van der Waals surface area contributed by atoms with E-state index in [1.165, 1.54) is 0 Å². The number of hydrogen-bond acceptors (Lipinski definition) is 3. The van der Waals surface area contributed by atoms with Crippen molar-refractivity contribution >= 4 is 23.7 Å². The average molecular weight is 282 g/mol. The Kier molecular flexibility index (Phi) is 4.68. The van der Waals surface area contributed by atoms with Crippen molar-refractivity contribution < 1.29 is 4.79 Å². The Morgan fingerprint density at radius 3 is 2.76 bits per heavy atom. The van der Waals surface area contributed by atoms with Crippen LogP contribution >= 0.6 is 0 Å². The number of nitrogens with zero attached hydrogens (tertiary/aromatic N) is 1. The third-order valence-electron chi connectivity index (χ3n) is 3.13. The highest BCUT2D eigenvalue weighted by Crippen LogP contribution is 2.18. The molecule has 0 aliphatic carbocycles. The molecule has 2 aromatic rings. The highest BCUT2D eigenvalue weighted by atomic mass is 16.2. The number of nitrogens with one attached hydrogen (secondary N) is 2. The predicted molar refractivity (Wildman–Crippen MR) is 85.5 cm³/mol. The highest BCUT2D eigenvalue weighted by molar-refractivity contribution is 5.95. The molecule has 1 aromatic heterocycles. The molecule has 2 rings (SSSR count). The summed E-state index contributed by atoms with van der Waals surface area (Å²) in [5, 5.41) is 2.80. The lowest BCUT2D eigenvalue weighted by Crippen LogP contribution is -2.37. The first kappa shape index (κ1) is 14.7. The van der Waals surface area contributed by atoms with Gasteiger partial charge in [-0.05, 0) is 23.3 Å². The van der Waals surface area contributed by atoms with Crippen LogP contribution in [0.15, 0.2) is 43.9 Å². The van der Waals surface area contributed by atoms with E-state index in [9.17, 15) is 4.79 Å². The van der Waals surface area contributed by atoms with Crippen LogP contribution in [0.5, 0.6) is 0 Å². The average Bonchev–Trinajstić information content (AvgIpc) is 2.99. The minimum Gasteiger partial charge on any atom is -0.348 e. The van der Waals surface area contributed by atoms with Crippen molar-refractivity contribution in [2.24, 2.45) is 5.73 Å². The van der Waals surface area contributed by atoms with Gasteiger partial charge in [0.05, 0.1) is 12.4 Å². The maximum atomic E-state index is 12.1. The molecule has 5 heteroatoms. The topological polar surface area (TPSA) is 83.8 Å². The van der Waals surface area contributed by atoms with Crippen LogP contribution in [0.3, 0.4) is 0 Å². The molecule has 1 unspecified atom stereocenters. The van der Waals surface area contributed by atoms with Gasteiger partial charge in [0.25, 0.3) is 0 Å². The van der Waals surface area contributed by atoms with Gasteiger partial charge in [0, 0.05) is 24.0 Å². The van der Waals surface area contributed by atoms with E-state index in [0.29, 0.717) is 12.1 Å². The van der Waals surface area contributed by atoms with Gasteiger partial charge in [0.15, 0.2) is 0 Å². The maximum Gasteiger partial charge on any atom is 0.241 e. The number of carbonyl (C=O) groups excluding carboxylic acids is 1. The van der Waals surface area contributed by atoms with Gasteiger partial charge < -0.3 is 16.0 Å². The van der Waals surface area contributed by atoms with Crippen LogP contribution in [0.4, 0.5) is 5.69 Å². The van der Waals surface area contributed by atoms with Crippen molar-refractivity contribution in [2.45, 2.75) is 12.5 Å². The molecule has 0 aliphatic rings. The van der Waals surface area contributed by atoms with Crippen LogP contribution in [0.2, 0.25) is 0 Å². The Morgan fingerprint density at radius 2 is 2.14 bits per heavy atom. The van der Waals surface area contributed by atoms with Gasteiger partial charge in [0.2, 0.25) is 5.91 Å². The van der Waals surface area contributed by atoms with Gasteiger partial charge >= 0.3 is 0 Å². The first-order valence-corrected chi connectivity index (χ1v) is 6.56. The molecular formula is C16H18N4O. The molecular weight excluding hydrogens is 264 g/mol. The van der Waals surface area contributed by atoms with Crippen LogP contribution in [-0.2, 0) is 11.2 Å². The number of nitrogens with two attached hydrogens (primary N) is 1. The summed E-state index contributed by atoms with van der Waals surface area (Å²) in [6.07, 6.45) is 7.08.